The summed E-state index contributed by atoms with van der Waals surface area (Å²) in [7, 11) is 0. The van der Waals surface area contributed by atoms with Crippen molar-refractivity contribution in [1.29, 1.82) is 0 Å². The van der Waals surface area contributed by atoms with Crippen molar-refractivity contribution in [2.45, 2.75) is 111 Å². The lowest BCUT2D eigenvalue weighted by Gasteiger charge is -2.58. The third-order valence-corrected chi connectivity index (χ3v) is 10.5. The smallest absolute Gasteiger partial charge is 0.0411 e. The summed E-state index contributed by atoms with van der Waals surface area (Å²) in [6.07, 6.45) is 17.3. The van der Waals surface area contributed by atoms with Gasteiger partial charge < -0.3 is 0 Å². The second-order valence-electron chi connectivity index (χ2n) is 12.4. The van der Waals surface area contributed by atoms with Crippen LogP contribution in [0.15, 0.2) is 16.8 Å². The summed E-state index contributed by atoms with van der Waals surface area (Å²) in [5, 5.41) is 4.08. The Morgan fingerprint density at radius 3 is 2.60 bits per heavy atom. The van der Waals surface area contributed by atoms with E-state index in [1.54, 1.807) is 5.57 Å². The second-order valence-corrected chi connectivity index (χ2v) is 12.4. The zero-order valence-electron chi connectivity index (χ0n) is 20.2. The van der Waals surface area contributed by atoms with E-state index < -0.39 is 0 Å². The van der Waals surface area contributed by atoms with E-state index in [1.807, 2.05) is 0 Å². The first-order valence-electron chi connectivity index (χ1n) is 13.0. The number of hydrogen-bond acceptors (Lipinski definition) is 1. The summed E-state index contributed by atoms with van der Waals surface area (Å²) in [6.45, 7) is 12.5. The van der Waals surface area contributed by atoms with E-state index in [4.69, 9.17) is 5.53 Å². The fourth-order valence-corrected chi connectivity index (χ4v) is 8.84. The first kappa shape index (κ1) is 22.3. The van der Waals surface area contributed by atoms with Crippen LogP contribution in [0, 0.1) is 46.3 Å². The van der Waals surface area contributed by atoms with Gasteiger partial charge in [0.25, 0.3) is 0 Å². The van der Waals surface area contributed by atoms with Gasteiger partial charge >= 0.3 is 0 Å². The van der Waals surface area contributed by atoms with Crippen LogP contribution in [0.1, 0.15) is 105 Å². The molecular formula is C27H45N3. The third-order valence-electron chi connectivity index (χ3n) is 10.5. The highest BCUT2D eigenvalue weighted by Gasteiger charge is 2.59. The number of allylic oxidation sites excluding steroid dienone is 1. The van der Waals surface area contributed by atoms with Crippen LogP contribution in [0.25, 0.3) is 10.4 Å². The first-order valence-corrected chi connectivity index (χ1v) is 13.0. The predicted molar refractivity (Wildman–Crippen MR) is 126 cm³/mol. The van der Waals surface area contributed by atoms with E-state index in [1.165, 1.54) is 57.8 Å². The summed E-state index contributed by atoms with van der Waals surface area (Å²) in [4.78, 5) is 3.11. The van der Waals surface area contributed by atoms with Gasteiger partial charge in [0.1, 0.15) is 0 Å². The summed E-state index contributed by atoms with van der Waals surface area (Å²) in [6, 6.07) is 0.197. The summed E-state index contributed by atoms with van der Waals surface area (Å²) in [5.41, 5.74) is 11.5. The molecule has 0 aromatic heterocycles. The maximum absolute atomic E-state index is 8.89. The molecule has 0 amide bonds. The van der Waals surface area contributed by atoms with E-state index in [0.717, 1.165) is 48.3 Å². The van der Waals surface area contributed by atoms with Gasteiger partial charge in [0.15, 0.2) is 0 Å². The highest BCUT2D eigenvalue weighted by Crippen LogP contribution is 2.67. The largest absolute Gasteiger partial charge is 0.0903 e. The molecule has 168 valence electrons. The Kier molecular flexibility index (Phi) is 6.33. The lowest BCUT2D eigenvalue weighted by molar-refractivity contribution is -0.0508. The fourth-order valence-electron chi connectivity index (χ4n) is 8.84. The number of hydrogen-bond donors (Lipinski definition) is 0. The van der Waals surface area contributed by atoms with Gasteiger partial charge in [0, 0.05) is 11.0 Å². The minimum atomic E-state index is 0.197. The van der Waals surface area contributed by atoms with Crippen LogP contribution in [0.2, 0.25) is 0 Å². The molecule has 4 aliphatic carbocycles. The van der Waals surface area contributed by atoms with Gasteiger partial charge in [-0.1, -0.05) is 70.6 Å². The minimum Gasteiger partial charge on any atom is -0.0903 e. The zero-order valence-corrected chi connectivity index (χ0v) is 20.2. The maximum Gasteiger partial charge on any atom is 0.0411 e. The molecule has 0 N–H and O–H groups in total. The normalized spacial score (nSPS) is 43.8. The Balaban J connectivity index is 1.49. The quantitative estimate of drug-likeness (QED) is 0.182. The van der Waals surface area contributed by atoms with Crippen molar-refractivity contribution < 1.29 is 0 Å². The highest BCUT2D eigenvalue weighted by atomic mass is 15.1. The van der Waals surface area contributed by atoms with Crippen molar-refractivity contribution in [1.82, 2.24) is 0 Å². The number of fused-ring (bicyclic) bond motifs is 5. The Hall–Kier alpha value is -0.950. The highest BCUT2D eigenvalue weighted by molar-refractivity contribution is 5.26. The molecule has 0 heterocycles. The lowest BCUT2D eigenvalue weighted by atomic mass is 9.47. The molecule has 0 aliphatic heterocycles. The minimum absolute atomic E-state index is 0.197. The van der Waals surface area contributed by atoms with Gasteiger partial charge in [-0.3, -0.25) is 0 Å². The lowest BCUT2D eigenvalue weighted by Crippen LogP contribution is -2.50. The van der Waals surface area contributed by atoms with Crippen LogP contribution < -0.4 is 0 Å². The monoisotopic (exact) mass is 411 g/mol. The number of rotatable bonds is 6. The average Bonchev–Trinajstić information content (AvgIpc) is 3.05. The Labute approximate surface area is 185 Å². The van der Waals surface area contributed by atoms with Crippen molar-refractivity contribution in [2.75, 3.05) is 0 Å². The van der Waals surface area contributed by atoms with E-state index in [2.05, 4.69) is 50.7 Å². The molecule has 3 nitrogen and oxygen atoms in total. The van der Waals surface area contributed by atoms with E-state index in [9.17, 15) is 0 Å². The van der Waals surface area contributed by atoms with Crippen molar-refractivity contribution in [3.05, 3.63) is 22.1 Å². The van der Waals surface area contributed by atoms with Crippen molar-refractivity contribution in [3.63, 3.8) is 0 Å². The topological polar surface area (TPSA) is 48.8 Å². The van der Waals surface area contributed by atoms with E-state index >= 15 is 0 Å². The van der Waals surface area contributed by atoms with Gasteiger partial charge in [0.2, 0.25) is 0 Å². The number of azide groups is 1. The Bertz CT molecular complexity index is 705. The molecule has 30 heavy (non-hydrogen) atoms. The second kappa shape index (κ2) is 8.53. The summed E-state index contributed by atoms with van der Waals surface area (Å²) >= 11 is 0. The Morgan fingerprint density at radius 1 is 1.07 bits per heavy atom. The van der Waals surface area contributed by atoms with Crippen LogP contribution in [0.3, 0.4) is 0 Å². The molecule has 4 unspecified atom stereocenters. The van der Waals surface area contributed by atoms with Crippen LogP contribution in [-0.2, 0) is 0 Å². The maximum atomic E-state index is 8.89. The molecule has 3 fully saturated rings. The number of nitrogens with zero attached hydrogens (tertiary/aromatic N) is 3. The molecule has 3 saturated carbocycles. The molecule has 4 aliphatic rings. The van der Waals surface area contributed by atoms with Crippen LogP contribution in [0.5, 0.6) is 0 Å². The predicted octanol–water partition coefficient (Wildman–Crippen LogP) is 8.71. The molecule has 0 radical (unpaired) electrons. The first-order chi connectivity index (χ1) is 14.3. The Morgan fingerprint density at radius 2 is 1.87 bits per heavy atom. The summed E-state index contributed by atoms with van der Waals surface area (Å²) in [5.74, 6) is 5.35. The standard InChI is InChI=1S/C27H45N3/c1-18(2)7-6-8-19(3)23-11-12-24-22-10-9-20-17-21(29-30-28)13-15-26(20,4)25(22)14-16-27(23,24)5/h9,18-19,21-25H,6-8,10-17H2,1-5H3/t19-,21+,22+,23?,24+,25?,26?,27?/m1/s1. The van der Waals surface area contributed by atoms with E-state index in [-0.39, 0.29) is 6.04 Å². The molecule has 0 spiro atoms. The van der Waals surface area contributed by atoms with Crippen molar-refractivity contribution in [3.8, 4) is 0 Å². The molecule has 4 rings (SSSR count). The zero-order chi connectivity index (χ0) is 21.5. The molecule has 0 aromatic carbocycles. The fraction of sp³-hybridized carbons (Fsp3) is 0.926. The van der Waals surface area contributed by atoms with Crippen molar-refractivity contribution >= 4 is 0 Å². The van der Waals surface area contributed by atoms with Crippen LogP contribution in [-0.4, -0.2) is 6.04 Å². The van der Waals surface area contributed by atoms with Crippen LogP contribution >= 0.6 is 0 Å². The van der Waals surface area contributed by atoms with Crippen molar-refractivity contribution in [2.24, 2.45) is 51.5 Å². The van der Waals surface area contributed by atoms with Gasteiger partial charge in [-0.05, 0) is 103 Å². The van der Waals surface area contributed by atoms with Gasteiger partial charge in [-0.25, -0.2) is 0 Å². The molecule has 0 bridgehead atoms. The molecule has 3 heteroatoms. The summed E-state index contributed by atoms with van der Waals surface area (Å²) < 4.78 is 0. The SMILES string of the molecule is CC(C)CCC[C@@H](C)C1CC[C@H]2[C@@H]3CC=C4C[C@@H](N=[N+]=[N-])CCC4(C)C3CCC12C. The van der Waals surface area contributed by atoms with Gasteiger partial charge in [-0.2, -0.15) is 0 Å². The molecule has 8 atom stereocenters. The van der Waals surface area contributed by atoms with Gasteiger partial charge in [0.05, 0.1) is 0 Å². The molecule has 0 saturated heterocycles. The third kappa shape index (κ3) is 3.74. The van der Waals surface area contributed by atoms with Crippen LogP contribution in [0.4, 0.5) is 0 Å². The molecular weight excluding hydrogens is 366 g/mol. The van der Waals surface area contributed by atoms with E-state index in [0.29, 0.717) is 10.8 Å². The average molecular weight is 412 g/mol. The van der Waals surface area contributed by atoms with Gasteiger partial charge in [-0.15, -0.1) is 0 Å². The molecule has 0 aromatic rings.